The zero-order valence-corrected chi connectivity index (χ0v) is 5.49. The lowest BCUT2D eigenvalue weighted by Gasteiger charge is -2.11. The van der Waals surface area contributed by atoms with Gasteiger partial charge < -0.3 is 5.73 Å². The van der Waals surface area contributed by atoms with Crippen molar-refractivity contribution < 1.29 is 0 Å². The van der Waals surface area contributed by atoms with E-state index < -0.39 is 0 Å². The minimum absolute atomic E-state index is 0.497. The highest BCUT2D eigenvalue weighted by atomic mass is 15.5. The molecule has 0 fully saturated rings. The van der Waals surface area contributed by atoms with E-state index in [-0.39, 0.29) is 0 Å². The quantitative estimate of drug-likeness (QED) is 0.350. The summed E-state index contributed by atoms with van der Waals surface area (Å²) in [5.74, 6) is 6.00. The standard InChI is InChI=1S/C4H10N6/c5-1-2-10(6)4-7-3-8-9-4/h3H,1-2,5-6H2,(H,7,8,9). The number of nitrogens with two attached hydrogens (primary N) is 2. The van der Waals surface area contributed by atoms with Crippen molar-refractivity contribution in [1.82, 2.24) is 15.2 Å². The number of aromatic nitrogens is 3. The molecule has 5 N–H and O–H groups in total. The van der Waals surface area contributed by atoms with E-state index in [0.29, 0.717) is 19.0 Å². The molecule has 0 unspecified atom stereocenters. The van der Waals surface area contributed by atoms with Crippen molar-refractivity contribution in [2.24, 2.45) is 11.6 Å². The molecule has 0 aliphatic carbocycles. The van der Waals surface area contributed by atoms with Gasteiger partial charge in [0.25, 0.3) is 0 Å². The maximum atomic E-state index is 5.47. The number of H-pyrrole nitrogens is 1. The average molecular weight is 142 g/mol. The van der Waals surface area contributed by atoms with Gasteiger partial charge in [0.05, 0.1) is 0 Å². The van der Waals surface area contributed by atoms with E-state index in [0.717, 1.165) is 0 Å². The Morgan fingerprint density at radius 2 is 2.50 bits per heavy atom. The Morgan fingerprint density at radius 1 is 1.70 bits per heavy atom. The highest BCUT2D eigenvalue weighted by Crippen LogP contribution is 1.95. The summed E-state index contributed by atoms with van der Waals surface area (Å²) in [5.41, 5.74) is 5.25. The fraction of sp³-hybridized carbons (Fsp3) is 0.500. The van der Waals surface area contributed by atoms with Gasteiger partial charge in [-0.1, -0.05) is 0 Å². The first-order valence-corrected chi connectivity index (χ1v) is 2.92. The van der Waals surface area contributed by atoms with Crippen LogP contribution >= 0.6 is 0 Å². The van der Waals surface area contributed by atoms with Crippen LogP contribution in [0.4, 0.5) is 5.95 Å². The molecule has 0 spiro atoms. The summed E-state index contributed by atoms with van der Waals surface area (Å²) < 4.78 is 0. The number of aromatic amines is 1. The molecule has 0 aliphatic rings. The van der Waals surface area contributed by atoms with Gasteiger partial charge in [-0.2, -0.15) is 10.1 Å². The topological polar surface area (TPSA) is 96.8 Å². The summed E-state index contributed by atoms with van der Waals surface area (Å²) in [6, 6.07) is 0. The zero-order chi connectivity index (χ0) is 7.40. The Kier molecular flexibility index (Phi) is 2.19. The van der Waals surface area contributed by atoms with Crippen molar-refractivity contribution in [3.63, 3.8) is 0 Å². The van der Waals surface area contributed by atoms with Crippen molar-refractivity contribution in [1.29, 1.82) is 0 Å². The second-order valence-electron chi connectivity index (χ2n) is 1.79. The van der Waals surface area contributed by atoms with Gasteiger partial charge in [0.15, 0.2) is 0 Å². The van der Waals surface area contributed by atoms with Crippen LogP contribution in [0.15, 0.2) is 6.33 Å². The largest absolute Gasteiger partial charge is 0.329 e. The third kappa shape index (κ3) is 1.42. The Labute approximate surface area is 58.2 Å². The molecule has 0 bridgehead atoms. The van der Waals surface area contributed by atoms with E-state index in [1.165, 1.54) is 11.3 Å². The fourth-order valence-corrected chi connectivity index (χ4v) is 0.582. The fourth-order valence-electron chi connectivity index (χ4n) is 0.582. The molecular weight excluding hydrogens is 132 g/mol. The SMILES string of the molecule is NCCN(N)c1ncn[nH]1. The molecule has 0 radical (unpaired) electrons. The number of nitrogens with one attached hydrogen (secondary N) is 1. The predicted octanol–water partition coefficient (Wildman–Crippen LogP) is -1.56. The summed E-state index contributed by atoms with van der Waals surface area (Å²) in [4.78, 5) is 3.81. The second kappa shape index (κ2) is 3.14. The molecule has 6 nitrogen and oxygen atoms in total. The monoisotopic (exact) mass is 142 g/mol. The first kappa shape index (κ1) is 6.97. The van der Waals surface area contributed by atoms with E-state index in [2.05, 4.69) is 15.2 Å². The summed E-state index contributed by atoms with van der Waals surface area (Å²) >= 11 is 0. The van der Waals surface area contributed by atoms with E-state index >= 15 is 0 Å². The first-order valence-electron chi connectivity index (χ1n) is 2.92. The molecular formula is C4H10N6. The molecule has 0 saturated heterocycles. The van der Waals surface area contributed by atoms with Crippen LogP contribution < -0.4 is 16.6 Å². The highest BCUT2D eigenvalue weighted by molar-refractivity contribution is 5.23. The average Bonchev–Trinajstić information content (AvgIpc) is 2.38. The van der Waals surface area contributed by atoms with Crippen molar-refractivity contribution >= 4 is 5.95 Å². The third-order valence-electron chi connectivity index (χ3n) is 1.04. The molecule has 56 valence electrons. The van der Waals surface area contributed by atoms with Crippen LogP contribution in [0.3, 0.4) is 0 Å². The van der Waals surface area contributed by atoms with Gasteiger partial charge in [-0.15, -0.1) is 0 Å². The van der Waals surface area contributed by atoms with E-state index in [1.54, 1.807) is 0 Å². The molecule has 0 atom stereocenters. The van der Waals surface area contributed by atoms with Gasteiger partial charge in [0, 0.05) is 13.1 Å². The van der Waals surface area contributed by atoms with Gasteiger partial charge in [-0.05, 0) is 0 Å². The minimum Gasteiger partial charge on any atom is -0.329 e. The predicted molar refractivity (Wildman–Crippen MR) is 37.0 cm³/mol. The maximum absolute atomic E-state index is 5.47. The molecule has 10 heavy (non-hydrogen) atoms. The Balaban J connectivity index is 2.50. The number of rotatable bonds is 3. The summed E-state index contributed by atoms with van der Waals surface area (Å²) in [7, 11) is 0. The summed E-state index contributed by atoms with van der Waals surface area (Å²) in [5, 5.41) is 7.64. The van der Waals surface area contributed by atoms with Gasteiger partial charge >= 0.3 is 0 Å². The van der Waals surface area contributed by atoms with Crippen LogP contribution in [0.2, 0.25) is 0 Å². The molecule has 0 saturated carbocycles. The Bertz CT molecular complexity index is 170. The van der Waals surface area contributed by atoms with Gasteiger partial charge in [-0.25, -0.2) is 10.9 Å². The lowest BCUT2D eigenvalue weighted by Crippen LogP contribution is -2.36. The minimum atomic E-state index is 0.497. The van der Waals surface area contributed by atoms with Crippen molar-refractivity contribution in [2.75, 3.05) is 18.1 Å². The summed E-state index contributed by atoms with van der Waals surface area (Å²) in [6.07, 6.45) is 1.39. The Hall–Kier alpha value is -1.14. The van der Waals surface area contributed by atoms with Crippen LogP contribution in [-0.2, 0) is 0 Å². The number of hydrogen-bond acceptors (Lipinski definition) is 5. The lowest BCUT2D eigenvalue weighted by atomic mass is 10.6. The molecule has 6 heteroatoms. The Morgan fingerprint density at radius 3 is 3.00 bits per heavy atom. The first-order chi connectivity index (χ1) is 4.84. The van der Waals surface area contributed by atoms with Crippen LogP contribution in [-0.4, -0.2) is 28.3 Å². The number of hydrogen-bond donors (Lipinski definition) is 3. The van der Waals surface area contributed by atoms with Gasteiger partial charge in [0.2, 0.25) is 5.95 Å². The van der Waals surface area contributed by atoms with Crippen LogP contribution in [0.5, 0.6) is 0 Å². The molecule has 0 aliphatic heterocycles. The van der Waals surface area contributed by atoms with Crippen LogP contribution in [0.25, 0.3) is 0 Å². The van der Waals surface area contributed by atoms with Crippen molar-refractivity contribution in [3.05, 3.63) is 6.33 Å². The smallest absolute Gasteiger partial charge is 0.235 e. The van der Waals surface area contributed by atoms with Crippen LogP contribution in [0.1, 0.15) is 0 Å². The van der Waals surface area contributed by atoms with E-state index in [1.807, 2.05) is 0 Å². The molecule has 1 aromatic heterocycles. The third-order valence-corrected chi connectivity index (χ3v) is 1.04. The van der Waals surface area contributed by atoms with E-state index in [9.17, 15) is 0 Å². The number of hydrazine groups is 1. The molecule has 1 rings (SSSR count). The molecule has 1 heterocycles. The highest BCUT2D eigenvalue weighted by Gasteiger charge is 2.00. The van der Waals surface area contributed by atoms with E-state index in [4.69, 9.17) is 11.6 Å². The number of nitrogens with zero attached hydrogens (tertiary/aromatic N) is 3. The molecule has 0 aromatic carbocycles. The molecule has 1 aromatic rings. The lowest BCUT2D eigenvalue weighted by molar-refractivity contribution is 0.799. The van der Waals surface area contributed by atoms with Gasteiger partial charge in [0.1, 0.15) is 6.33 Å². The van der Waals surface area contributed by atoms with Crippen LogP contribution in [0, 0.1) is 0 Å². The van der Waals surface area contributed by atoms with Gasteiger partial charge in [-0.3, -0.25) is 5.01 Å². The number of anilines is 1. The normalized spacial score (nSPS) is 9.80. The van der Waals surface area contributed by atoms with Crippen molar-refractivity contribution in [3.8, 4) is 0 Å². The molecule has 0 amide bonds. The zero-order valence-electron chi connectivity index (χ0n) is 5.49. The summed E-state index contributed by atoms with van der Waals surface area (Å²) in [6.45, 7) is 1.06. The van der Waals surface area contributed by atoms with Crippen molar-refractivity contribution in [2.45, 2.75) is 0 Å². The second-order valence-corrected chi connectivity index (χ2v) is 1.79. The maximum Gasteiger partial charge on any atom is 0.235 e.